The Bertz CT molecular complexity index is 813. The maximum absolute atomic E-state index is 12.2. The first-order chi connectivity index (χ1) is 10.7. The number of carbonyl (C=O) groups excluding carboxylic acids is 2. The molecule has 0 atom stereocenters. The first-order valence-corrected chi connectivity index (χ1v) is 9.40. The molecule has 1 heterocycles. The quantitative estimate of drug-likeness (QED) is 0.549. The van der Waals surface area contributed by atoms with Crippen molar-refractivity contribution in [1.29, 1.82) is 0 Å². The lowest BCUT2D eigenvalue weighted by Gasteiger charge is -2.08. The van der Waals surface area contributed by atoms with E-state index < -0.39 is 19.7 Å². The largest absolute Gasteiger partial charge is 0.330 e. The molecule has 3 N–H and O–H groups in total. The van der Waals surface area contributed by atoms with Gasteiger partial charge >= 0.3 is 7.60 Å². The Labute approximate surface area is 141 Å². The van der Waals surface area contributed by atoms with Crippen LogP contribution in [0.25, 0.3) is 0 Å². The average Bonchev–Trinajstić information content (AvgIpc) is 2.86. The number of hydrogen-bond acceptors (Lipinski definition) is 4. The number of benzene rings is 1. The van der Waals surface area contributed by atoms with Crippen molar-refractivity contribution in [2.45, 2.75) is 13.1 Å². The van der Waals surface area contributed by atoms with E-state index in [0.29, 0.717) is 15.6 Å². The molecule has 6 nitrogen and oxygen atoms in total. The fourth-order valence-corrected chi connectivity index (χ4v) is 4.03. The topological polar surface area (TPSA) is 104 Å². The predicted molar refractivity (Wildman–Crippen MR) is 89.5 cm³/mol. The molecule has 1 amide bonds. The minimum atomic E-state index is -4.18. The van der Waals surface area contributed by atoms with Gasteiger partial charge in [-0.25, -0.2) is 0 Å². The molecule has 2 aromatic rings. The smallest absolute Gasteiger partial charge is 0.324 e. The molecule has 0 radical (unpaired) electrons. The minimum Gasteiger partial charge on any atom is -0.324 e. The van der Waals surface area contributed by atoms with Gasteiger partial charge in [0.15, 0.2) is 5.78 Å². The number of Topliss-reactive ketones (excluding diaryl/α,β-unsaturated/α-hetero) is 1. The van der Waals surface area contributed by atoms with Crippen LogP contribution in [0, 0.1) is 0 Å². The molecule has 2 rings (SSSR count). The van der Waals surface area contributed by atoms with Gasteiger partial charge in [-0.2, -0.15) is 0 Å². The van der Waals surface area contributed by atoms with E-state index in [1.807, 2.05) is 0 Å². The number of ketones is 1. The number of rotatable bonds is 5. The van der Waals surface area contributed by atoms with Crippen molar-refractivity contribution in [1.82, 2.24) is 0 Å². The molecular formula is C14H13ClNO5PS. The van der Waals surface area contributed by atoms with Gasteiger partial charge in [-0.1, -0.05) is 11.6 Å². The molecule has 0 unspecified atom stereocenters. The van der Waals surface area contributed by atoms with E-state index in [4.69, 9.17) is 21.4 Å². The fourth-order valence-electron chi connectivity index (χ4n) is 1.89. The zero-order valence-electron chi connectivity index (χ0n) is 11.9. The van der Waals surface area contributed by atoms with Crippen LogP contribution in [0.1, 0.15) is 31.8 Å². The van der Waals surface area contributed by atoms with Crippen molar-refractivity contribution in [3.8, 4) is 0 Å². The molecule has 122 valence electrons. The molecule has 0 bridgehead atoms. The van der Waals surface area contributed by atoms with Crippen LogP contribution in [0.5, 0.6) is 0 Å². The van der Waals surface area contributed by atoms with Gasteiger partial charge in [0.2, 0.25) is 0 Å². The van der Waals surface area contributed by atoms with Crippen molar-refractivity contribution in [3.63, 3.8) is 0 Å². The molecule has 0 aliphatic carbocycles. The minimum absolute atomic E-state index is 0.240. The first kappa shape index (κ1) is 17.8. The Morgan fingerprint density at radius 2 is 1.96 bits per heavy atom. The highest BCUT2D eigenvalue weighted by Gasteiger charge is 2.18. The third-order valence-electron chi connectivity index (χ3n) is 2.86. The molecule has 1 aromatic carbocycles. The standard InChI is InChI=1S/C14H13ClNO5PS/c1-8(17)11-6-9(15)2-4-12(11)16-14(18)13-5-3-10(23-13)7-22(19,20)21/h2-6H,7H2,1H3,(H,16,18)(H2,19,20,21). The van der Waals surface area contributed by atoms with Crippen molar-refractivity contribution in [2.75, 3.05) is 5.32 Å². The van der Waals surface area contributed by atoms with E-state index >= 15 is 0 Å². The summed E-state index contributed by atoms with van der Waals surface area (Å²) < 4.78 is 11.0. The molecule has 0 spiro atoms. The summed E-state index contributed by atoms with van der Waals surface area (Å²) in [5, 5.41) is 2.99. The normalized spacial score (nSPS) is 11.3. The molecule has 0 saturated carbocycles. The van der Waals surface area contributed by atoms with Gasteiger partial charge in [0.05, 0.1) is 16.7 Å². The van der Waals surface area contributed by atoms with Gasteiger partial charge in [-0.05, 0) is 37.3 Å². The van der Waals surface area contributed by atoms with Crippen LogP contribution in [0.4, 0.5) is 5.69 Å². The second-order valence-corrected chi connectivity index (χ2v) is 8.04. The summed E-state index contributed by atoms with van der Waals surface area (Å²) in [6.45, 7) is 1.37. The molecule has 0 aliphatic rings. The summed E-state index contributed by atoms with van der Waals surface area (Å²) in [5.74, 6) is -0.701. The Balaban J connectivity index is 2.20. The monoisotopic (exact) mass is 373 g/mol. The third kappa shape index (κ3) is 4.99. The lowest BCUT2D eigenvalue weighted by atomic mass is 10.1. The number of nitrogens with one attached hydrogen (secondary N) is 1. The summed E-state index contributed by atoms with van der Waals surface area (Å²) >= 11 is 6.83. The summed E-state index contributed by atoms with van der Waals surface area (Å²) in [5.41, 5.74) is 0.620. The SMILES string of the molecule is CC(=O)c1cc(Cl)ccc1NC(=O)c1ccc(CP(=O)(O)O)s1. The predicted octanol–water partition coefficient (Wildman–Crippen LogP) is 3.53. The van der Waals surface area contributed by atoms with Crippen molar-refractivity contribution >= 4 is 47.9 Å². The molecule has 0 aliphatic heterocycles. The molecule has 1 aromatic heterocycles. The number of thiophene rings is 1. The molecule has 9 heteroatoms. The van der Waals surface area contributed by atoms with Crippen LogP contribution in [-0.4, -0.2) is 21.5 Å². The number of hydrogen-bond donors (Lipinski definition) is 3. The van der Waals surface area contributed by atoms with Crippen LogP contribution in [0.15, 0.2) is 30.3 Å². The number of halogens is 1. The van der Waals surface area contributed by atoms with Crippen LogP contribution < -0.4 is 5.32 Å². The Morgan fingerprint density at radius 1 is 1.26 bits per heavy atom. The van der Waals surface area contributed by atoms with Gasteiger partial charge in [0, 0.05) is 15.5 Å². The average molecular weight is 374 g/mol. The van der Waals surface area contributed by atoms with E-state index in [-0.39, 0.29) is 16.2 Å². The lowest BCUT2D eigenvalue weighted by molar-refractivity contribution is 0.101. The maximum Gasteiger partial charge on any atom is 0.330 e. The third-order valence-corrected chi connectivity index (χ3v) is 5.14. The number of carbonyl (C=O) groups is 2. The van der Waals surface area contributed by atoms with E-state index in [1.165, 1.54) is 31.2 Å². The van der Waals surface area contributed by atoms with Gasteiger partial charge in [-0.3, -0.25) is 14.2 Å². The lowest BCUT2D eigenvalue weighted by Crippen LogP contribution is -2.13. The van der Waals surface area contributed by atoms with E-state index in [0.717, 1.165) is 11.3 Å². The number of anilines is 1. The number of amides is 1. The first-order valence-electron chi connectivity index (χ1n) is 6.41. The highest BCUT2D eigenvalue weighted by Crippen LogP contribution is 2.41. The van der Waals surface area contributed by atoms with Crippen molar-refractivity contribution < 1.29 is 23.9 Å². The molecule has 23 heavy (non-hydrogen) atoms. The van der Waals surface area contributed by atoms with Crippen molar-refractivity contribution in [2.24, 2.45) is 0 Å². The summed E-state index contributed by atoms with van der Waals surface area (Å²) in [7, 11) is -4.18. The summed E-state index contributed by atoms with van der Waals surface area (Å²) in [4.78, 5) is 42.4. The molecular weight excluding hydrogens is 361 g/mol. The highest BCUT2D eigenvalue weighted by atomic mass is 35.5. The Kier molecular flexibility index (Phi) is 5.39. The van der Waals surface area contributed by atoms with Crippen LogP contribution >= 0.6 is 30.5 Å². The van der Waals surface area contributed by atoms with Gasteiger partial charge < -0.3 is 15.1 Å². The molecule has 0 saturated heterocycles. The molecule has 0 fully saturated rings. The summed E-state index contributed by atoms with van der Waals surface area (Å²) in [6.07, 6.45) is -0.412. The highest BCUT2D eigenvalue weighted by molar-refractivity contribution is 7.51. The second kappa shape index (κ2) is 6.95. The fraction of sp³-hybridized carbons (Fsp3) is 0.143. The van der Waals surface area contributed by atoms with Gasteiger partial charge in [-0.15, -0.1) is 11.3 Å². The van der Waals surface area contributed by atoms with E-state index in [9.17, 15) is 14.2 Å². The van der Waals surface area contributed by atoms with E-state index in [1.54, 1.807) is 6.07 Å². The van der Waals surface area contributed by atoms with E-state index in [2.05, 4.69) is 5.32 Å². The van der Waals surface area contributed by atoms with Crippen molar-refractivity contribution in [3.05, 3.63) is 50.7 Å². The van der Waals surface area contributed by atoms with Crippen LogP contribution in [-0.2, 0) is 10.7 Å². The Hall–Kier alpha value is -1.50. The van der Waals surface area contributed by atoms with Crippen LogP contribution in [0.2, 0.25) is 5.02 Å². The van der Waals surface area contributed by atoms with Crippen LogP contribution in [0.3, 0.4) is 0 Å². The second-order valence-electron chi connectivity index (χ2n) is 4.79. The zero-order chi connectivity index (χ0) is 17.2. The maximum atomic E-state index is 12.2. The van der Waals surface area contributed by atoms with Gasteiger partial charge in [0.25, 0.3) is 5.91 Å². The summed E-state index contributed by atoms with van der Waals surface area (Å²) in [6, 6.07) is 7.52. The van der Waals surface area contributed by atoms with Gasteiger partial charge in [0.1, 0.15) is 0 Å². The Morgan fingerprint density at radius 3 is 2.57 bits per heavy atom. The zero-order valence-corrected chi connectivity index (χ0v) is 14.4.